The zero-order chi connectivity index (χ0) is 18.7. The Morgan fingerprint density at radius 3 is 2.50 bits per heavy atom. The van der Waals surface area contributed by atoms with Crippen LogP contribution < -0.4 is 14.4 Å². The summed E-state index contributed by atoms with van der Waals surface area (Å²) in [6.45, 7) is 4.18. The van der Waals surface area contributed by atoms with Gasteiger partial charge in [0, 0.05) is 23.1 Å². The molecule has 0 bridgehead atoms. The first-order chi connectivity index (χ1) is 12.5. The van der Waals surface area contributed by atoms with Gasteiger partial charge in [0.05, 0.1) is 13.2 Å². The molecule has 5 heteroatoms. The number of halogens is 1. The number of benzene rings is 2. The number of ether oxygens (including phenoxy) is 2. The minimum Gasteiger partial charge on any atom is -0.491 e. The summed E-state index contributed by atoms with van der Waals surface area (Å²) in [6, 6.07) is 15.8. The standard InChI is InChI=1S/C21H23ClN2O2/c1-5-14(2)26-18-10-8-17(9-11-18)24(3)20-12-15-6-7-16(22)13-19(15)21(23-20)25-4/h6-14H,5H2,1-4H3. The van der Waals surface area contributed by atoms with Crippen LogP contribution in [-0.4, -0.2) is 25.2 Å². The zero-order valence-corrected chi connectivity index (χ0v) is 16.2. The van der Waals surface area contributed by atoms with Crippen molar-refractivity contribution in [2.75, 3.05) is 19.1 Å². The first kappa shape index (κ1) is 18.3. The number of rotatable bonds is 6. The molecule has 0 N–H and O–H groups in total. The van der Waals surface area contributed by atoms with Gasteiger partial charge in [-0.1, -0.05) is 24.6 Å². The molecular formula is C21H23ClN2O2. The topological polar surface area (TPSA) is 34.6 Å². The number of aromatic nitrogens is 1. The number of pyridine rings is 1. The lowest BCUT2D eigenvalue weighted by Gasteiger charge is -2.21. The van der Waals surface area contributed by atoms with Crippen LogP contribution in [0.25, 0.3) is 10.8 Å². The molecule has 2 aromatic carbocycles. The van der Waals surface area contributed by atoms with Crippen LogP contribution in [0.2, 0.25) is 5.02 Å². The van der Waals surface area contributed by atoms with E-state index in [2.05, 4.69) is 18.8 Å². The van der Waals surface area contributed by atoms with Gasteiger partial charge in [0.15, 0.2) is 0 Å². The maximum absolute atomic E-state index is 6.10. The number of anilines is 2. The van der Waals surface area contributed by atoms with Gasteiger partial charge in [-0.3, -0.25) is 0 Å². The molecule has 1 unspecified atom stereocenters. The van der Waals surface area contributed by atoms with Gasteiger partial charge in [0.25, 0.3) is 0 Å². The van der Waals surface area contributed by atoms with Crippen molar-refractivity contribution < 1.29 is 9.47 Å². The molecule has 0 fully saturated rings. The third-order valence-electron chi connectivity index (χ3n) is 4.42. The summed E-state index contributed by atoms with van der Waals surface area (Å²) < 4.78 is 11.3. The van der Waals surface area contributed by atoms with Crippen LogP contribution in [0.4, 0.5) is 11.5 Å². The summed E-state index contributed by atoms with van der Waals surface area (Å²) in [5, 5.41) is 2.59. The van der Waals surface area contributed by atoms with Crippen LogP contribution in [0.3, 0.4) is 0 Å². The summed E-state index contributed by atoms with van der Waals surface area (Å²) in [5.41, 5.74) is 1.02. The fourth-order valence-corrected chi connectivity index (χ4v) is 2.87. The van der Waals surface area contributed by atoms with Gasteiger partial charge in [-0.2, -0.15) is 4.98 Å². The van der Waals surface area contributed by atoms with E-state index in [0.717, 1.165) is 34.4 Å². The van der Waals surface area contributed by atoms with Crippen LogP contribution in [0.1, 0.15) is 20.3 Å². The molecule has 0 spiro atoms. The first-order valence-corrected chi connectivity index (χ1v) is 9.04. The summed E-state index contributed by atoms with van der Waals surface area (Å²) in [5.74, 6) is 2.23. The van der Waals surface area contributed by atoms with E-state index in [1.807, 2.05) is 60.5 Å². The van der Waals surface area contributed by atoms with Gasteiger partial charge in [0.2, 0.25) is 5.88 Å². The third kappa shape index (κ3) is 3.86. The van der Waals surface area contributed by atoms with E-state index in [1.165, 1.54) is 0 Å². The quantitative estimate of drug-likeness (QED) is 0.545. The highest BCUT2D eigenvalue weighted by molar-refractivity contribution is 6.31. The molecule has 1 heterocycles. The van der Waals surface area contributed by atoms with Crippen molar-refractivity contribution in [2.45, 2.75) is 26.4 Å². The van der Waals surface area contributed by atoms with Crippen molar-refractivity contribution in [1.82, 2.24) is 4.98 Å². The Morgan fingerprint density at radius 1 is 1.12 bits per heavy atom. The molecule has 0 aliphatic rings. The molecule has 1 aromatic heterocycles. The Morgan fingerprint density at radius 2 is 1.85 bits per heavy atom. The summed E-state index contributed by atoms with van der Waals surface area (Å²) in [7, 11) is 3.60. The van der Waals surface area contributed by atoms with E-state index in [0.29, 0.717) is 10.9 Å². The Balaban J connectivity index is 1.92. The van der Waals surface area contributed by atoms with Gasteiger partial charge in [-0.25, -0.2) is 0 Å². The van der Waals surface area contributed by atoms with E-state index in [-0.39, 0.29) is 6.10 Å². The monoisotopic (exact) mass is 370 g/mol. The molecule has 3 rings (SSSR count). The minimum absolute atomic E-state index is 0.205. The van der Waals surface area contributed by atoms with Crippen molar-refractivity contribution >= 4 is 33.9 Å². The molecule has 3 aromatic rings. The number of hydrogen-bond donors (Lipinski definition) is 0. The van der Waals surface area contributed by atoms with Crippen molar-refractivity contribution in [3.05, 3.63) is 53.6 Å². The molecule has 0 saturated heterocycles. The number of fused-ring (bicyclic) bond motifs is 1. The zero-order valence-electron chi connectivity index (χ0n) is 15.5. The highest BCUT2D eigenvalue weighted by Crippen LogP contribution is 2.32. The highest BCUT2D eigenvalue weighted by Gasteiger charge is 2.12. The number of hydrogen-bond acceptors (Lipinski definition) is 4. The number of methoxy groups -OCH3 is 1. The molecule has 1 atom stereocenters. The summed E-state index contributed by atoms with van der Waals surface area (Å²) >= 11 is 6.10. The third-order valence-corrected chi connectivity index (χ3v) is 4.65. The second-order valence-electron chi connectivity index (χ2n) is 6.24. The predicted octanol–water partition coefficient (Wildman–Crippen LogP) is 5.84. The Kier molecular flexibility index (Phi) is 5.52. The Labute approximate surface area is 159 Å². The average Bonchev–Trinajstić information content (AvgIpc) is 2.67. The molecule has 0 saturated carbocycles. The molecular weight excluding hydrogens is 348 g/mol. The second kappa shape index (κ2) is 7.83. The van der Waals surface area contributed by atoms with Crippen molar-refractivity contribution in [2.24, 2.45) is 0 Å². The maximum atomic E-state index is 6.10. The smallest absolute Gasteiger partial charge is 0.223 e. The van der Waals surface area contributed by atoms with E-state index >= 15 is 0 Å². The molecule has 0 amide bonds. The Bertz CT molecular complexity index is 896. The lowest BCUT2D eigenvalue weighted by atomic mass is 10.1. The SMILES string of the molecule is CCC(C)Oc1ccc(N(C)c2cc3ccc(Cl)cc3c(OC)n2)cc1. The highest BCUT2D eigenvalue weighted by atomic mass is 35.5. The van der Waals surface area contributed by atoms with Gasteiger partial charge in [-0.15, -0.1) is 0 Å². The maximum Gasteiger partial charge on any atom is 0.223 e. The first-order valence-electron chi connectivity index (χ1n) is 8.66. The number of nitrogens with zero attached hydrogens (tertiary/aromatic N) is 2. The van der Waals surface area contributed by atoms with Crippen molar-refractivity contribution in [1.29, 1.82) is 0 Å². The average molecular weight is 371 g/mol. The molecule has 136 valence electrons. The Hall–Kier alpha value is -2.46. The predicted molar refractivity (Wildman–Crippen MR) is 108 cm³/mol. The van der Waals surface area contributed by atoms with E-state index in [9.17, 15) is 0 Å². The van der Waals surface area contributed by atoms with Crippen LogP contribution in [0.15, 0.2) is 48.5 Å². The normalized spacial score (nSPS) is 12.0. The molecule has 4 nitrogen and oxygen atoms in total. The van der Waals surface area contributed by atoms with Crippen molar-refractivity contribution in [3.63, 3.8) is 0 Å². The van der Waals surface area contributed by atoms with Gasteiger partial charge in [0.1, 0.15) is 11.6 Å². The van der Waals surface area contributed by atoms with E-state index < -0.39 is 0 Å². The fourth-order valence-electron chi connectivity index (χ4n) is 2.70. The summed E-state index contributed by atoms with van der Waals surface area (Å²) in [4.78, 5) is 6.65. The molecule has 26 heavy (non-hydrogen) atoms. The van der Waals surface area contributed by atoms with Crippen LogP contribution in [0, 0.1) is 0 Å². The van der Waals surface area contributed by atoms with Gasteiger partial charge in [-0.05, 0) is 61.2 Å². The lowest BCUT2D eigenvalue weighted by molar-refractivity contribution is 0.217. The largest absolute Gasteiger partial charge is 0.491 e. The molecule has 0 radical (unpaired) electrons. The van der Waals surface area contributed by atoms with E-state index in [1.54, 1.807) is 7.11 Å². The molecule has 0 aliphatic heterocycles. The fraction of sp³-hybridized carbons (Fsp3) is 0.286. The van der Waals surface area contributed by atoms with Crippen LogP contribution in [-0.2, 0) is 0 Å². The molecule has 0 aliphatic carbocycles. The van der Waals surface area contributed by atoms with Gasteiger partial charge < -0.3 is 14.4 Å². The van der Waals surface area contributed by atoms with E-state index in [4.69, 9.17) is 21.1 Å². The van der Waals surface area contributed by atoms with Crippen LogP contribution >= 0.6 is 11.6 Å². The van der Waals surface area contributed by atoms with Gasteiger partial charge >= 0.3 is 0 Å². The van der Waals surface area contributed by atoms with Crippen LogP contribution in [0.5, 0.6) is 11.6 Å². The minimum atomic E-state index is 0.205. The second-order valence-corrected chi connectivity index (χ2v) is 6.68. The summed E-state index contributed by atoms with van der Waals surface area (Å²) in [6.07, 6.45) is 1.18. The van der Waals surface area contributed by atoms with Crippen molar-refractivity contribution in [3.8, 4) is 11.6 Å². The lowest BCUT2D eigenvalue weighted by Crippen LogP contribution is -2.12.